The summed E-state index contributed by atoms with van der Waals surface area (Å²) in [4.78, 5) is 16.0. The van der Waals surface area contributed by atoms with Gasteiger partial charge in [0.1, 0.15) is 5.54 Å². The lowest BCUT2D eigenvalue weighted by Gasteiger charge is -2.32. The molecule has 14 heavy (non-hydrogen) atoms. The first-order chi connectivity index (χ1) is 6.66. The summed E-state index contributed by atoms with van der Waals surface area (Å²) in [5, 5.41) is 2.61. The van der Waals surface area contributed by atoms with Crippen molar-refractivity contribution in [2.75, 3.05) is 0 Å². The quantitative estimate of drug-likeness (QED) is 0.649. The number of hydrogen-bond acceptors (Lipinski definition) is 3. The molecule has 0 aromatic rings. The maximum atomic E-state index is 11.7. The van der Waals surface area contributed by atoms with Gasteiger partial charge in [-0.05, 0) is 18.8 Å². The summed E-state index contributed by atoms with van der Waals surface area (Å²) in [6.07, 6.45) is 5.17. The fraction of sp³-hybridized carbons (Fsp3) is 0.800. The molecule has 4 nitrogen and oxygen atoms in total. The van der Waals surface area contributed by atoms with E-state index in [1.807, 2.05) is 0 Å². The average molecular weight is 195 g/mol. The van der Waals surface area contributed by atoms with Crippen molar-refractivity contribution in [1.82, 2.24) is 5.32 Å². The van der Waals surface area contributed by atoms with Gasteiger partial charge in [0.2, 0.25) is 0 Å². The molecule has 0 radical (unpaired) electrons. The molecule has 2 rings (SSSR count). The van der Waals surface area contributed by atoms with Gasteiger partial charge in [-0.25, -0.2) is 4.99 Å². The molecule has 2 aliphatic rings. The number of nitrogens with one attached hydrogen (secondary N) is 1. The second-order valence-corrected chi connectivity index (χ2v) is 4.35. The molecule has 0 saturated heterocycles. The smallest absolute Gasteiger partial charge is 0.254 e. The Hall–Kier alpha value is -1.06. The van der Waals surface area contributed by atoms with Crippen LogP contribution in [0.15, 0.2) is 4.99 Å². The molecule has 1 fully saturated rings. The summed E-state index contributed by atoms with van der Waals surface area (Å²) in [5.74, 6) is 0.934. The molecule has 1 spiro atoms. The van der Waals surface area contributed by atoms with Crippen LogP contribution in [0.1, 0.15) is 39.0 Å². The minimum Gasteiger partial charge on any atom is -0.370 e. The first kappa shape index (κ1) is 9.49. The van der Waals surface area contributed by atoms with Crippen molar-refractivity contribution in [3.63, 3.8) is 0 Å². The van der Waals surface area contributed by atoms with Gasteiger partial charge >= 0.3 is 0 Å². The zero-order valence-electron chi connectivity index (χ0n) is 8.55. The van der Waals surface area contributed by atoms with Crippen molar-refractivity contribution in [2.24, 2.45) is 16.6 Å². The van der Waals surface area contributed by atoms with E-state index in [9.17, 15) is 4.79 Å². The summed E-state index contributed by atoms with van der Waals surface area (Å²) in [6.45, 7) is 2.17. The van der Waals surface area contributed by atoms with E-state index >= 15 is 0 Å². The number of rotatable bonds is 1. The molecule has 78 valence electrons. The average Bonchev–Trinajstić information content (AvgIpc) is 2.42. The molecule has 2 unspecified atom stereocenters. The third-order valence-electron chi connectivity index (χ3n) is 3.41. The molecule has 3 N–H and O–H groups in total. The Balaban J connectivity index is 2.19. The highest BCUT2D eigenvalue weighted by molar-refractivity contribution is 6.06. The molecule has 1 heterocycles. The van der Waals surface area contributed by atoms with Crippen LogP contribution in [-0.4, -0.2) is 17.4 Å². The van der Waals surface area contributed by atoms with Gasteiger partial charge in [-0.2, -0.15) is 0 Å². The fourth-order valence-electron chi connectivity index (χ4n) is 2.56. The number of carbonyl (C=O) groups is 1. The lowest BCUT2D eigenvalue weighted by Crippen LogP contribution is -2.43. The molecule has 0 aromatic heterocycles. The first-order valence-electron chi connectivity index (χ1n) is 5.33. The molecule has 2 atom stereocenters. The Labute approximate surface area is 84.0 Å². The Kier molecular flexibility index (Phi) is 2.21. The van der Waals surface area contributed by atoms with Gasteiger partial charge in [-0.1, -0.05) is 26.2 Å². The Morgan fingerprint density at radius 3 is 3.07 bits per heavy atom. The van der Waals surface area contributed by atoms with Crippen LogP contribution in [0.2, 0.25) is 0 Å². The number of carbonyl (C=O) groups excluding carboxylic acids is 1. The maximum absolute atomic E-state index is 11.7. The van der Waals surface area contributed by atoms with Gasteiger partial charge in [-0.15, -0.1) is 0 Å². The van der Waals surface area contributed by atoms with Crippen LogP contribution in [0.25, 0.3) is 0 Å². The molecule has 1 aliphatic heterocycles. The number of nitrogens with zero attached hydrogens (tertiary/aromatic N) is 1. The van der Waals surface area contributed by atoms with Crippen LogP contribution in [0, 0.1) is 5.92 Å². The van der Waals surface area contributed by atoms with Gasteiger partial charge in [0.15, 0.2) is 5.96 Å². The highest BCUT2D eigenvalue weighted by Crippen LogP contribution is 2.38. The number of hydrogen-bond donors (Lipinski definition) is 2. The Morgan fingerprint density at radius 2 is 2.50 bits per heavy atom. The Bertz CT molecular complexity index is 287. The van der Waals surface area contributed by atoms with E-state index in [0.29, 0.717) is 11.9 Å². The van der Waals surface area contributed by atoms with Gasteiger partial charge in [0, 0.05) is 0 Å². The third kappa shape index (κ3) is 1.38. The van der Waals surface area contributed by atoms with Gasteiger partial charge in [-0.3, -0.25) is 10.1 Å². The molecular formula is C10H17N3O. The lowest BCUT2D eigenvalue weighted by molar-refractivity contribution is -0.125. The van der Waals surface area contributed by atoms with E-state index < -0.39 is 5.54 Å². The Morgan fingerprint density at radius 1 is 1.71 bits per heavy atom. The van der Waals surface area contributed by atoms with Gasteiger partial charge in [0.05, 0.1) is 0 Å². The zero-order valence-corrected chi connectivity index (χ0v) is 8.55. The van der Waals surface area contributed by atoms with Gasteiger partial charge < -0.3 is 5.73 Å². The highest BCUT2D eigenvalue weighted by atomic mass is 16.2. The second-order valence-electron chi connectivity index (χ2n) is 4.35. The van der Waals surface area contributed by atoms with Gasteiger partial charge in [0.25, 0.3) is 5.91 Å². The van der Waals surface area contributed by atoms with E-state index in [-0.39, 0.29) is 5.91 Å². The number of guanidine groups is 1. The topological polar surface area (TPSA) is 67.5 Å². The summed E-state index contributed by atoms with van der Waals surface area (Å²) >= 11 is 0. The highest BCUT2D eigenvalue weighted by Gasteiger charge is 2.45. The SMILES string of the molecule is CCC1CCCC2(C1)N=C(N)NC2=O. The first-order valence-corrected chi connectivity index (χ1v) is 5.33. The lowest BCUT2D eigenvalue weighted by atomic mass is 9.75. The molecule has 0 aromatic carbocycles. The summed E-state index contributed by atoms with van der Waals surface area (Å²) in [5.41, 5.74) is 5.02. The summed E-state index contributed by atoms with van der Waals surface area (Å²) in [7, 11) is 0. The molecule has 1 amide bonds. The summed E-state index contributed by atoms with van der Waals surface area (Å²) in [6, 6.07) is 0. The summed E-state index contributed by atoms with van der Waals surface area (Å²) < 4.78 is 0. The van der Waals surface area contributed by atoms with E-state index in [0.717, 1.165) is 25.7 Å². The monoisotopic (exact) mass is 195 g/mol. The standard InChI is InChI=1S/C10H17N3O/c1-2-7-4-3-5-10(6-7)8(14)12-9(11)13-10/h7H,2-6H2,1H3,(H3,11,12,13,14). The minimum absolute atomic E-state index is 0.00755. The van der Waals surface area contributed by atoms with Crippen molar-refractivity contribution in [1.29, 1.82) is 0 Å². The number of amides is 1. The predicted molar refractivity (Wildman–Crippen MR) is 54.7 cm³/mol. The normalized spacial score (nSPS) is 37.1. The van der Waals surface area contributed by atoms with Crippen molar-refractivity contribution in [3.8, 4) is 0 Å². The third-order valence-corrected chi connectivity index (χ3v) is 3.41. The minimum atomic E-state index is -0.511. The molecule has 1 saturated carbocycles. The molecule has 4 heteroatoms. The van der Waals surface area contributed by atoms with Crippen LogP contribution in [0.4, 0.5) is 0 Å². The van der Waals surface area contributed by atoms with Crippen LogP contribution in [0.3, 0.4) is 0 Å². The molecular weight excluding hydrogens is 178 g/mol. The molecule has 1 aliphatic carbocycles. The largest absolute Gasteiger partial charge is 0.370 e. The van der Waals surface area contributed by atoms with Crippen molar-refractivity contribution < 1.29 is 4.79 Å². The number of aliphatic imine (C=N–C) groups is 1. The second kappa shape index (κ2) is 3.26. The molecule has 0 bridgehead atoms. The maximum Gasteiger partial charge on any atom is 0.254 e. The van der Waals surface area contributed by atoms with E-state index in [1.54, 1.807) is 0 Å². The van der Waals surface area contributed by atoms with Crippen molar-refractivity contribution in [2.45, 2.75) is 44.6 Å². The predicted octanol–water partition coefficient (Wildman–Crippen LogP) is 0.770. The van der Waals surface area contributed by atoms with E-state index in [1.165, 1.54) is 6.42 Å². The van der Waals surface area contributed by atoms with Crippen molar-refractivity contribution in [3.05, 3.63) is 0 Å². The number of nitrogens with two attached hydrogens (primary N) is 1. The van der Waals surface area contributed by atoms with Crippen LogP contribution < -0.4 is 11.1 Å². The van der Waals surface area contributed by atoms with Crippen molar-refractivity contribution >= 4 is 11.9 Å². The fourth-order valence-corrected chi connectivity index (χ4v) is 2.56. The van der Waals surface area contributed by atoms with Crippen LogP contribution in [-0.2, 0) is 4.79 Å². The zero-order chi connectivity index (χ0) is 10.2. The van der Waals surface area contributed by atoms with E-state index in [4.69, 9.17) is 5.73 Å². The van der Waals surface area contributed by atoms with Crippen LogP contribution >= 0.6 is 0 Å². The van der Waals surface area contributed by atoms with Crippen LogP contribution in [0.5, 0.6) is 0 Å². The van der Waals surface area contributed by atoms with E-state index in [2.05, 4.69) is 17.2 Å².